The Morgan fingerprint density at radius 1 is 1.21 bits per heavy atom. The lowest BCUT2D eigenvalue weighted by Gasteiger charge is -2.34. The zero-order valence-corrected chi connectivity index (χ0v) is 10.6. The average Bonchev–Trinajstić information content (AvgIpc) is 2.37. The van der Waals surface area contributed by atoms with E-state index in [-0.39, 0.29) is 5.56 Å². The molecule has 0 radical (unpaired) electrons. The number of rotatable bonds is 2. The first-order chi connectivity index (χ1) is 8.89. The fourth-order valence-corrected chi connectivity index (χ4v) is 2.40. The van der Waals surface area contributed by atoms with Crippen LogP contribution >= 0.6 is 0 Å². The van der Waals surface area contributed by atoms with E-state index < -0.39 is 23.6 Å². The van der Waals surface area contributed by atoms with E-state index in [1.165, 1.54) is 0 Å². The van der Waals surface area contributed by atoms with E-state index in [1.807, 2.05) is 4.90 Å². The number of nitrogens with one attached hydrogen (secondary N) is 1. The minimum atomic E-state index is -4.45. The second-order valence-corrected chi connectivity index (χ2v) is 4.69. The second-order valence-electron chi connectivity index (χ2n) is 4.69. The molecule has 0 spiro atoms. The first-order valence-corrected chi connectivity index (χ1v) is 6.21. The summed E-state index contributed by atoms with van der Waals surface area (Å²) in [5.41, 5.74) is -0.741. The van der Waals surface area contributed by atoms with Crippen LogP contribution in [0.5, 0.6) is 0 Å². The van der Waals surface area contributed by atoms with Gasteiger partial charge in [-0.25, -0.2) is 4.39 Å². The second kappa shape index (κ2) is 5.46. The molecule has 1 fully saturated rings. The van der Waals surface area contributed by atoms with Crippen LogP contribution in [0.4, 0.5) is 17.6 Å². The van der Waals surface area contributed by atoms with Gasteiger partial charge in [0.2, 0.25) is 0 Å². The van der Waals surface area contributed by atoms with Crippen molar-refractivity contribution in [1.29, 1.82) is 0 Å². The molecular weight excluding hydrogens is 260 g/mol. The van der Waals surface area contributed by atoms with Crippen LogP contribution in [-0.2, 0) is 6.18 Å². The number of benzene rings is 1. The lowest BCUT2D eigenvalue weighted by atomic mass is 9.99. The zero-order chi connectivity index (χ0) is 14.0. The van der Waals surface area contributed by atoms with Crippen LogP contribution in [-0.4, -0.2) is 31.1 Å². The minimum absolute atomic E-state index is 0.00870. The predicted octanol–water partition coefficient (Wildman–Crippen LogP) is 2.81. The highest BCUT2D eigenvalue weighted by atomic mass is 19.4. The molecule has 2 nitrogen and oxygen atoms in total. The lowest BCUT2D eigenvalue weighted by Crippen LogP contribution is -2.44. The van der Waals surface area contributed by atoms with E-state index in [4.69, 9.17) is 0 Å². The van der Waals surface area contributed by atoms with Crippen molar-refractivity contribution in [3.05, 3.63) is 35.1 Å². The molecule has 19 heavy (non-hydrogen) atoms. The van der Waals surface area contributed by atoms with Crippen LogP contribution in [0, 0.1) is 5.82 Å². The van der Waals surface area contributed by atoms with Crippen molar-refractivity contribution < 1.29 is 17.6 Å². The molecule has 2 rings (SSSR count). The number of piperazine rings is 1. The number of alkyl halides is 3. The standard InChI is InChI=1S/C13H16F4N2/c1-9(19-6-4-18-5-7-19)11-8-10(14)2-3-12(11)13(15,16)17/h2-3,8-9,18H,4-7H2,1H3/t9-/m0/s1. The van der Waals surface area contributed by atoms with Crippen LogP contribution in [0.3, 0.4) is 0 Å². The van der Waals surface area contributed by atoms with Crippen LogP contribution < -0.4 is 5.32 Å². The van der Waals surface area contributed by atoms with E-state index in [0.29, 0.717) is 13.1 Å². The molecule has 1 atom stereocenters. The summed E-state index contributed by atoms with van der Waals surface area (Å²) in [6.45, 7) is 4.49. The number of halogens is 4. The third-order valence-electron chi connectivity index (χ3n) is 3.47. The average molecular weight is 276 g/mol. The van der Waals surface area contributed by atoms with E-state index in [1.54, 1.807) is 6.92 Å². The Bertz CT molecular complexity index is 439. The summed E-state index contributed by atoms with van der Waals surface area (Å²) < 4.78 is 52.1. The summed E-state index contributed by atoms with van der Waals surface area (Å²) in [6.07, 6.45) is -4.45. The van der Waals surface area contributed by atoms with Crippen LogP contribution in [0.2, 0.25) is 0 Å². The summed E-state index contributed by atoms with van der Waals surface area (Å²) in [6, 6.07) is 2.23. The van der Waals surface area contributed by atoms with Gasteiger partial charge in [-0.15, -0.1) is 0 Å². The maximum atomic E-state index is 13.3. The van der Waals surface area contributed by atoms with Gasteiger partial charge in [0.25, 0.3) is 0 Å². The van der Waals surface area contributed by atoms with Crippen molar-refractivity contribution in [2.24, 2.45) is 0 Å². The molecular formula is C13H16F4N2. The Morgan fingerprint density at radius 3 is 2.42 bits per heavy atom. The van der Waals surface area contributed by atoms with Gasteiger partial charge in [-0.1, -0.05) is 0 Å². The van der Waals surface area contributed by atoms with E-state index in [0.717, 1.165) is 31.3 Å². The number of hydrogen-bond donors (Lipinski definition) is 1. The molecule has 0 unspecified atom stereocenters. The Morgan fingerprint density at radius 2 is 1.84 bits per heavy atom. The van der Waals surface area contributed by atoms with Gasteiger partial charge >= 0.3 is 6.18 Å². The lowest BCUT2D eigenvalue weighted by molar-refractivity contribution is -0.138. The molecule has 0 aromatic heterocycles. The maximum absolute atomic E-state index is 13.3. The topological polar surface area (TPSA) is 15.3 Å². The third-order valence-corrected chi connectivity index (χ3v) is 3.47. The minimum Gasteiger partial charge on any atom is -0.314 e. The Balaban J connectivity index is 2.33. The summed E-state index contributed by atoms with van der Waals surface area (Å²) in [5, 5.41) is 3.14. The van der Waals surface area contributed by atoms with E-state index in [2.05, 4.69) is 5.32 Å². The van der Waals surface area contributed by atoms with Crippen LogP contribution in [0.15, 0.2) is 18.2 Å². The highest BCUT2D eigenvalue weighted by Crippen LogP contribution is 2.36. The summed E-state index contributed by atoms with van der Waals surface area (Å²) in [4.78, 5) is 1.93. The molecule has 1 aromatic carbocycles. The molecule has 106 valence electrons. The smallest absolute Gasteiger partial charge is 0.314 e. The van der Waals surface area contributed by atoms with Crippen molar-refractivity contribution in [2.45, 2.75) is 19.1 Å². The summed E-state index contributed by atoms with van der Waals surface area (Å²) >= 11 is 0. The Labute approximate surface area is 109 Å². The Hall–Kier alpha value is -1.14. The SMILES string of the molecule is C[C@@H](c1cc(F)ccc1C(F)(F)F)N1CCNCC1. The summed E-state index contributed by atoms with van der Waals surface area (Å²) in [5.74, 6) is -0.634. The fraction of sp³-hybridized carbons (Fsp3) is 0.538. The highest BCUT2D eigenvalue weighted by molar-refractivity contribution is 5.33. The summed E-state index contributed by atoms with van der Waals surface area (Å²) in [7, 11) is 0. The molecule has 1 aliphatic rings. The molecule has 1 saturated heterocycles. The van der Waals surface area contributed by atoms with Crippen molar-refractivity contribution >= 4 is 0 Å². The van der Waals surface area contributed by atoms with E-state index in [9.17, 15) is 17.6 Å². The molecule has 0 amide bonds. The molecule has 0 saturated carbocycles. The molecule has 6 heteroatoms. The van der Waals surface area contributed by atoms with Crippen molar-refractivity contribution in [3.8, 4) is 0 Å². The normalized spacial score (nSPS) is 19.4. The number of nitrogens with zero attached hydrogens (tertiary/aromatic N) is 1. The van der Waals surface area contributed by atoms with Gasteiger partial charge in [0, 0.05) is 32.2 Å². The quantitative estimate of drug-likeness (QED) is 0.836. The van der Waals surface area contributed by atoms with E-state index >= 15 is 0 Å². The first-order valence-electron chi connectivity index (χ1n) is 6.21. The Kier molecular flexibility index (Phi) is 4.10. The molecule has 1 heterocycles. The predicted molar refractivity (Wildman–Crippen MR) is 64.3 cm³/mol. The van der Waals surface area contributed by atoms with Crippen molar-refractivity contribution in [1.82, 2.24) is 10.2 Å². The van der Waals surface area contributed by atoms with Gasteiger partial charge in [-0.05, 0) is 30.7 Å². The van der Waals surface area contributed by atoms with Gasteiger partial charge in [0.05, 0.1) is 5.56 Å². The van der Waals surface area contributed by atoms with Crippen LogP contribution in [0.1, 0.15) is 24.1 Å². The van der Waals surface area contributed by atoms with Crippen molar-refractivity contribution in [2.75, 3.05) is 26.2 Å². The van der Waals surface area contributed by atoms with Gasteiger partial charge in [0.1, 0.15) is 5.82 Å². The molecule has 1 aliphatic heterocycles. The molecule has 1 aromatic rings. The maximum Gasteiger partial charge on any atom is 0.416 e. The first kappa shape index (κ1) is 14.3. The largest absolute Gasteiger partial charge is 0.416 e. The highest BCUT2D eigenvalue weighted by Gasteiger charge is 2.35. The fourth-order valence-electron chi connectivity index (χ4n) is 2.40. The van der Waals surface area contributed by atoms with Gasteiger partial charge in [-0.2, -0.15) is 13.2 Å². The van der Waals surface area contributed by atoms with Gasteiger partial charge in [-0.3, -0.25) is 4.90 Å². The van der Waals surface area contributed by atoms with Crippen molar-refractivity contribution in [3.63, 3.8) is 0 Å². The number of hydrogen-bond acceptors (Lipinski definition) is 2. The molecule has 0 bridgehead atoms. The van der Waals surface area contributed by atoms with Gasteiger partial charge < -0.3 is 5.32 Å². The van der Waals surface area contributed by atoms with Crippen LogP contribution in [0.25, 0.3) is 0 Å². The van der Waals surface area contributed by atoms with Gasteiger partial charge in [0.15, 0.2) is 0 Å². The molecule has 0 aliphatic carbocycles. The monoisotopic (exact) mass is 276 g/mol. The third kappa shape index (κ3) is 3.25. The molecule has 1 N–H and O–H groups in total. The zero-order valence-electron chi connectivity index (χ0n) is 10.6.